The summed E-state index contributed by atoms with van der Waals surface area (Å²) in [6.45, 7) is 2.23. The molecule has 0 unspecified atom stereocenters. The van der Waals surface area contributed by atoms with E-state index in [0.717, 1.165) is 17.7 Å². The minimum absolute atomic E-state index is 0.345. The van der Waals surface area contributed by atoms with Gasteiger partial charge in [0.05, 0.1) is 18.3 Å². The van der Waals surface area contributed by atoms with Gasteiger partial charge in [-0.2, -0.15) is 18.3 Å². The third kappa shape index (κ3) is 2.87. The summed E-state index contributed by atoms with van der Waals surface area (Å²) in [5.74, 6) is 0. The smallest absolute Gasteiger partial charge is 0.268 e. The normalized spacial score (nSPS) is 11.8. The monoisotopic (exact) mass is 240 g/mol. The fraction of sp³-hybridized carbons (Fsp3) is 0.250. The second-order valence-electron chi connectivity index (χ2n) is 3.91. The molecule has 1 aromatic heterocycles. The molecule has 0 bridgehead atoms. The van der Waals surface area contributed by atoms with Crippen molar-refractivity contribution >= 4 is 0 Å². The number of hydrogen-bond donors (Lipinski definition) is 0. The van der Waals surface area contributed by atoms with Crippen molar-refractivity contribution in [1.29, 1.82) is 0 Å². The van der Waals surface area contributed by atoms with Crippen LogP contribution in [0, 0.1) is 6.92 Å². The van der Waals surface area contributed by atoms with Crippen molar-refractivity contribution in [3.05, 3.63) is 53.3 Å². The van der Waals surface area contributed by atoms with Crippen molar-refractivity contribution in [1.82, 2.24) is 9.78 Å². The van der Waals surface area contributed by atoms with Gasteiger partial charge in [0.2, 0.25) is 0 Å². The number of aromatic nitrogens is 2. The first-order chi connectivity index (χ1) is 7.95. The van der Waals surface area contributed by atoms with Crippen LogP contribution in [-0.4, -0.2) is 9.78 Å². The van der Waals surface area contributed by atoms with Crippen molar-refractivity contribution in [3.8, 4) is 0 Å². The lowest BCUT2D eigenvalue weighted by atomic mass is 10.1. The second kappa shape index (κ2) is 4.24. The maximum absolute atomic E-state index is 12.5. The van der Waals surface area contributed by atoms with E-state index < -0.39 is 11.7 Å². The van der Waals surface area contributed by atoms with E-state index in [-0.39, 0.29) is 0 Å². The molecule has 0 fully saturated rings. The average Bonchev–Trinajstić information content (AvgIpc) is 2.63. The van der Waals surface area contributed by atoms with Gasteiger partial charge in [0.25, 0.3) is 0 Å². The summed E-state index contributed by atoms with van der Waals surface area (Å²) in [5, 5.41) is 4.04. The molecule has 0 atom stereocenters. The van der Waals surface area contributed by atoms with E-state index in [2.05, 4.69) is 5.10 Å². The Labute approximate surface area is 96.7 Å². The highest BCUT2D eigenvalue weighted by molar-refractivity contribution is 5.25. The van der Waals surface area contributed by atoms with Crippen LogP contribution < -0.4 is 0 Å². The van der Waals surface area contributed by atoms with Gasteiger partial charge in [-0.3, -0.25) is 4.68 Å². The molecule has 0 aliphatic heterocycles. The van der Waals surface area contributed by atoms with E-state index in [0.29, 0.717) is 12.1 Å². The maximum Gasteiger partial charge on any atom is 0.416 e. The molecule has 2 nitrogen and oxygen atoms in total. The van der Waals surface area contributed by atoms with Gasteiger partial charge in [-0.05, 0) is 30.2 Å². The molecular weight excluding hydrogens is 229 g/mol. The van der Waals surface area contributed by atoms with Crippen LogP contribution in [0.1, 0.15) is 16.7 Å². The summed E-state index contributed by atoms with van der Waals surface area (Å²) in [6.07, 6.45) is -0.829. The van der Waals surface area contributed by atoms with Crippen LogP contribution in [-0.2, 0) is 12.7 Å². The topological polar surface area (TPSA) is 17.8 Å². The molecule has 0 saturated carbocycles. The Morgan fingerprint density at radius 1 is 1.29 bits per heavy atom. The van der Waals surface area contributed by atoms with Gasteiger partial charge in [0.15, 0.2) is 0 Å². The van der Waals surface area contributed by atoms with Crippen LogP contribution in [0.15, 0.2) is 36.7 Å². The van der Waals surface area contributed by atoms with Gasteiger partial charge in [-0.1, -0.05) is 12.1 Å². The summed E-state index contributed by atoms with van der Waals surface area (Å²) in [6, 6.07) is 5.29. The van der Waals surface area contributed by atoms with Crippen LogP contribution in [0.3, 0.4) is 0 Å². The zero-order valence-corrected chi connectivity index (χ0v) is 9.20. The Morgan fingerprint density at radius 3 is 2.65 bits per heavy atom. The first kappa shape index (κ1) is 11.7. The van der Waals surface area contributed by atoms with Crippen LogP contribution in [0.5, 0.6) is 0 Å². The fourth-order valence-electron chi connectivity index (χ4n) is 1.59. The van der Waals surface area contributed by atoms with Crippen molar-refractivity contribution in [2.75, 3.05) is 0 Å². The fourth-order valence-corrected chi connectivity index (χ4v) is 1.59. The molecule has 1 aromatic carbocycles. The number of alkyl halides is 3. The lowest BCUT2D eigenvalue weighted by molar-refractivity contribution is -0.137. The maximum atomic E-state index is 12.5. The van der Waals surface area contributed by atoms with E-state index >= 15 is 0 Å². The van der Waals surface area contributed by atoms with Crippen LogP contribution in [0.25, 0.3) is 0 Å². The van der Waals surface area contributed by atoms with E-state index in [1.165, 1.54) is 6.07 Å². The Bertz CT molecular complexity index is 514. The standard InChI is InChI=1S/C12H11F3N2/c1-9-6-16-17(7-9)8-10-3-2-4-11(5-10)12(13,14)15/h2-7H,8H2,1H3. The highest BCUT2D eigenvalue weighted by Crippen LogP contribution is 2.29. The largest absolute Gasteiger partial charge is 0.416 e. The molecule has 5 heteroatoms. The summed E-state index contributed by atoms with van der Waals surface area (Å²) >= 11 is 0. The molecule has 2 aromatic rings. The Hall–Kier alpha value is -1.78. The van der Waals surface area contributed by atoms with Gasteiger partial charge in [0.1, 0.15) is 0 Å². The quantitative estimate of drug-likeness (QED) is 0.787. The first-order valence-corrected chi connectivity index (χ1v) is 5.10. The Balaban J connectivity index is 2.22. The minimum atomic E-state index is -4.30. The molecule has 0 aliphatic rings. The molecular formula is C12H11F3N2. The van der Waals surface area contributed by atoms with Crippen LogP contribution >= 0.6 is 0 Å². The Kier molecular flexibility index (Phi) is 2.92. The number of rotatable bonds is 2. The first-order valence-electron chi connectivity index (χ1n) is 5.10. The van der Waals surface area contributed by atoms with Gasteiger partial charge < -0.3 is 0 Å². The Morgan fingerprint density at radius 2 is 2.06 bits per heavy atom. The summed E-state index contributed by atoms with van der Waals surface area (Å²) in [7, 11) is 0. The molecule has 0 radical (unpaired) electrons. The molecule has 17 heavy (non-hydrogen) atoms. The van der Waals surface area contributed by atoms with Crippen molar-refractivity contribution < 1.29 is 13.2 Å². The molecule has 0 spiro atoms. The van der Waals surface area contributed by atoms with E-state index in [1.54, 1.807) is 23.1 Å². The highest BCUT2D eigenvalue weighted by Gasteiger charge is 2.30. The minimum Gasteiger partial charge on any atom is -0.268 e. The second-order valence-corrected chi connectivity index (χ2v) is 3.91. The van der Waals surface area contributed by atoms with Crippen molar-refractivity contribution in [3.63, 3.8) is 0 Å². The van der Waals surface area contributed by atoms with Crippen LogP contribution in [0.2, 0.25) is 0 Å². The summed E-state index contributed by atoms with van der Waals surface area (Å²) in [4.78, 5) is 0. The molecule has 1 heterocycles. The average molecular weight is 240 g/mol. The summed E-state index contributed by atoms with van der Waals surface area (Å²) < 4.78 is 39.1. The number of benzene rings is 1. The SMILES string of the molecule is Cc1cnn(Cc2cccc(C(F)(F)F)c2)c1. The van der Waals surface area contributed by atoms with Crippen LogP contribution in [0.4, 0.5) is 13.2 Å². The predicted molar refractivity (Wildman–Crippen MR) is 57.5 cm³/mol. The number of aryl methyl sites for hydroxylation is 1. The number of nitrogens with zero attached hydrogens (tertiary/aromatic N) is 2. The number of hydrogen-bond acceptors (Lipinski definition) is 1. The lowest BCUT2D eigenvalue weighted by Crippen LogP contribution is -2.07. The summed E-state index contributed by atoms with van der Waals surface area (Å²) in [5.41, 5.74) is 0.943. The van der Waals surface area contributed by atoms with Crippen molar-refractivity contribution in [2.45, 2.75) is 19.6 Å². The molecule has 0 aliphatic carbocycles. The van der Waals surface area contributed by atoms with Gasteiger partial charge >= 0.3 is 6.18 Å². The molecule has 0 saturated heterocycles. The van der Waals surface area contributed by atoms with Gasteiger partial charge in [-0.25, -0.2) is 0 Å². The molecule has 2 rings (SSSR count). The molecule has 90 valence electrons. The van der Waals surface area contributed by atoms with E-state index in [4.69, 9.17) is 0 Å². The lowest BCUT2D eigenvalue weighted by Gasteiger charge is -2.08. The van der Waals surface area contributed by atoms with E-state index in [1.807, 2.05) is 6.92 Å². The highest BCUT2D eigenvalue weighted by atomic mass is 19.4. The van der Waals surface area contributed by atoms with Crippen molar-refractivity contribution in [2.24, 2.45) is 0 Å². The number of halogens is 3. The predicted octanol–water partition coefficient (Wildman–Crippen LogP) is 3.26. The zero-order chi connectivity index (χ0) is 12.5. The molecule has 0 amide bonds. The molecule has 0 N–H and O–H groups in total. The van der Waals surface area contributed by atoms with Gasteiger partial charge in [-0.15, -0.1) is 0 Å². The van der Waals surface area contributed by atoms with E-state index in [9.17, 15) is 13.2 Å². The van der Waals surface area contributed by atoms with Gasteiger partial charge in [0, 0.05) is 6.20 Å². The third-order valence-corrected chi connectivity index (χ3v) is 2.36. The third-order valence-electron chi connectivity index (χ3n) is 2.36. The zero-order valence-electron chi connectivity index (χ0n) is 9.20.